The molecule has 0 saturated carbocycles. The highest BCUT2D eigenvalue weighted by Crippen LogP contribution is 2.46. The zero-order valence-electron chi connectivity index (χ0n) is 19.5. The van der Waals surface area contributed by atoms with Crippen LogP contribution in [-0.2, 0) is 29.6 Å². The first kappa shape index (κ1) is 28.2. The molecule has 0 aliphatic rings. The van der Waals surface area contributed by atoms with Crippen LogP contribution < -0.4 is 15.5 Å². The molecule has 0 unspecified atom stereocenters. The fourth-order valence-electron chi connectivity index (χ4n) is 4.43. The number of hydrogen-bond acceptors (Lipinski definition) is 14. The largest absolute Gasteiger partial charge is 0.744 e. The Morgan fingerprint density at radius 1 is 0.775 bits per heavy atom. The van der Waals surface area contributed by atoms with Crippen molar-refractivity contribution in [3.05, 3.63) is 66.2 Å². The number of hydrogen-bond donors (Lipinski definition) is 2. The van der Waals surface area contributed by atoms with E-state index in [9.17, 15) is 46.0 Å². The highest BCUT2D eigenvalue weighted by Gasteiger charge is 2.24. The van der Waals surface area contributed by atoms with Gasteiger partial charge in [0.25, 0.3) is 0 Å². The smallest absolute Gasteiger partial charge is 0.488 e. The van der Waals surface area contributed by atoms with Gasteiger partial charge in [0.1, 0.15) is 26.0 Å². The minimum absolute atomic E-state index is 0.00742. The standard InChI is InChI=1S/C23H15BO13S3/c25-23(11-1-3-12(4-2-11)24(26)27)35-17-9-19(39(29,30)31)15-7-8-16-20(40(32,33)34)10-18(38-37-36-28)14-6-5-13(17)21(15)22(14)16/h1-10,26-28H,(H,29,30,31)(H,32,33,34)/p-3. The molecule has 0 aliphatic heterocycles. The summed E-state index contributed by atoms with van der Waals surface area (Å²) >= 11 is 0.289. The van der Waals surface area contributed by atoms with Crippen molar-refractivity contribution in [2.24, 2.45) is 0 Å². The van der Waals surface area contributed by atoms with Gasteiger partial charge in [-0.2, -0.15) is 4.33 Å². The van der Waals surface area contributed by atoms with E-state index in [0.29, 0.717) is 0 Å². The molecule has 17 heteroatoms. The van der Waals surface area contributed by atoms with E-state index in [1.54, 1.807) is 0 Å². The van der Waals surface area contributed by atoms with Gasteiger partial charge in [-0.05, 0) is 46.6 Å². The number of ether oxygens (including phenoxy) is 1. The first-order valence-electron chi connectivity index (χ1n) is 10.8. The van der Waals surface area contributed by atoms with Crippen LogP contribution in [0.25, 0.3) is 32.3 Å². The van der Waals surface area contributed by atoms with Crippen molar-refractivity contribution >= 4 is 83.1 Å². The van der Waals surface area contributed by atoms with Crippen LogP contribution in [-0.4, -0.2) is 49.1 Å². The van der Waals surface area contributed by atoms with E-state index in [-0.39, 0.29) is 66.0 Å². The summed E-state index contributed by atoms with van der Waals surface area (Å²) in [5, 5.41) is 32.2. The second kappa shape index (κ2) is 10.2. The monoisotopic (exact) mass is 603 g/mol. The van der Waals surface area contributed by atoms with Crippen LogP contribution in [0.15, 0.2) is 75.4 Å². The summed E-state index contributed by atoms with van der Waals surface area (Å²) in [4.78, 5) is 11.3. The van der Waals surface area contributed by atoms with Crippen LogP contribution in [0.5, 0.6) is 5.75 Å². The maximum Gasteiger partial charge on any atom is 0.488 e. The summed E-state index contributed by atoms with van der Waals surface area (Å²) in [6.07, 6.45) is 0. The van der Waals surface area contributed by atoms with E-state index < -0.39 is 43.1 Å². The fraction of sp³-hybridized carbons (Fsp3) is 0. The first-order valence-corrected chi connectivity index (χ1v) is 14.4. The first-order chi connectivity index (χ1) is 18.8. The summed E-state index contributed by atoms with van der Waals surface area (Å²) in [6, 6.07) is 11.9. The zero-order chi connectivity index (χ0) is 29.0. The third-order valence-electron chi connectivity index (χ3n) is 6.08. The van der Waals surface area contributed by atoms with Gasteiger partial charge in [-0.1, -0.05) is 30.3 Å². The molecule has 0 saturated heterocycles. The third-order valence-corrected chi connectivity index (χ3v) is 8.48. The zero-order valence-corrected chi connectivity index (χ0v) is 21.9. The van der Waals surface area contributed by atoms with Crippen molar-refractivity contribution in [3.63, 3.8) is 0 Å². The van der Waals surface area contributed by atoms with Gasteiger partial charge in [0, 0.05) is 26.4 Å². The van der Waals surface area contributed by atoms with Crippen molar-refractivity contribution < 1.29 is 60.1 Å². The van der Waals surface area contributed by atoms with Crippen LogP contribution in [0.3, 0.4) is 0 Å². The van der Waals surface area contributed by atoms with Crippen molar-refractivity contribution in [2.45, 2.75) is 14.7 Å². The summed E-state index contributed by atoms with van der Waals surface area (Å²) in [7, 11) is -12.1. The molecule has 0 fully saturated rings. The highest BCUT2D eigenvalue weighted by molar-refractivity contribution is 7.94. The topological polar surface area (TPSA) is 223 Å². The van der Waals surface area contributed by atoms with Gasteiger partial charge in [0.2, 0.25) is 0 Å². The van der Waals surface area contributed by atoms with Crippen LogP contribution in [0.2, 0.25) is 0 Å². The summed E-state index contributed by atoms with van der Waals surface area (Å²) in [5.41, 5.74) is 0.0259. The maximum atomic E-state index is 12.9. The molecule has 0 spiro atoms. The summed E-state index contributed by atoms with van der Waals surface area (Å²) < 4.78 is 82.9. The van der Waals surface area contributed by atoms with Crippen LogP contribution in [0.1, 0.15) is 10.4 Å². The van der Waals surface area contributed by atoms with E-state index in [4.69, 9.17) is 4.74 Å². The normalized spacial score (nSPS) is 12.4. The number of benzene rings is 5. The van der Waals surface area contributed by atoms with Crippen molar-refractivity contribution in [3.8, 4) is 5.75 Å². The Kier molecular flexibility index (Phi) is 7.21. The predicted octanol–water partition coefficient (Wildman–Crippen LogP) is 0.522. The number of carbonyl (C=O) groups is 1. The van der Waals surface area contributed by atoms with Crippen LogP contribution in [0, 0.1) is 0 Å². The van der Waals surface area contributed by atoms with Gasteiger partial charge >= 0.3 is 13.1 Å². The lowest BCUT2D eigenvalue weighted by Gasteiger charge is -2.21. The lowest BCUT2D eigenvalue weighted by Crippen LogP contribution is -2.29. The maximum absolute atomic E-state index is 12.9. The van der Waals surface area contributed by atoms with E-state index in [1.807, 2.05) is 0 Å². The average Bonchev–Trinajstić information content (AvgIpc) is 2.89. The molecule has 0 radical (unpaired) electrons. The number of rotatable bonds is 8. The Morgan fingerprint density at radius 3 is 1.85 bits per heavy atom. The highest BCUT2D eigenvalue weighted by atomic mass is 32.2. The molecule has 13 nitrogen and oxygen atoms in total. The third kappa shape index (κ3) is 4.99. The Bertz CT molecular complexity index is 2010. The molecular weight excluding hydrogens is 591 g/mol. The molecular formula is C23H12BO13S3-3. The molecule has 2 N–H and O–H groups in total. The lowest BCUT2D eigenvalue weighted by molar-refractivity contribution is -0.777. The second-order valence-corrected chi connectivity index (χ2v) is 11.8. The average molecular weight is 603 g/mol. The van der Waals surface area contributed by atoms with Crippen LogP contribution in [0.4, 0.5) is 0 Å². The van der Waals surface area contributed by atoms with E-state index in [0.717, 1.165) is 24.3 Å². The Balaban J connectivity index is 1.83. The molecule has 40 heavy (non-hydrogen) atoms. The number of carbonyl (C=O) groups excluding carboxylic acids is 1. The summed E-state index contributed by atoms with van der Waals surface area (Å²) in [6.45, 7) is 0. The minimum Gasteiger partial charge on any atom is -0.744 e. The van der Waals surface area contributed by atoms with Gasteiger partial charge in [-0.3, -0.25) is 5.04 Å². The molecule has 0 heterocycles. The second-order valence-electron chi connectivity index (χ2n) is 8.33. The number of esters is 1. The molecule has 0 bridgehead atoms. The van der Waals surface area contributed by atoms with Gasteiger partial charge in [-0.25, -0.2) is 21.6 Å². The van der Waals surface area contributed by atoms with Gasteiger partial charge in [0.15, 0.2) is 0 Å². The van der Waals surface area contributed by atoms with E-state index in [2.05, 4.69) is 9.37 Å². The van der Waals surface area contributed by atoms with Crippen molar-refractivity contribution in [1.82, 2.24) is 0 Å². The molecule has 5 aromatic carbocycles. The Labute approximate surface area is 229 Å². The van der Waals surface area contributed by atoms with Gasteiger partial charge in [-0.15, -0.1) is 0 Å². The quantitative estimate of drug-likeness (QED) is 0.0361. The molecule has 0 atom stereocenters. The molecule has 0 amide bonds. The molecule has 5 aromatic rings. The van der Waals surface area contributed by atoms with Gasteiger partial charge < -0.3 is 29.1 Å². The minimum atomic E-state index is -5.20. The molecule has 206 valence electrons. The predicted molar refractivity (Wildman–Crippen MR) is 135 cm³/mol. The van der Waals surface area contributed by atoms with Gasteiger partial charge in [0.05, 0.1) is 27.4 Å². The van der Waals surface area contributed by atoms with Crippen molar-refractivity contribution in [1.29, 1.82) is 0 Å². The van der Waals surface area contributed by atoms with E-state index >= 15 is 0 Å². The Hall–Kier alpha value is -3.36. The molecule has 0 aromatic heterocycles. The fourth-order valence-corrected chi connectivity index (χ4v) is 6.43. The van der Waals surface area contributed by atoms with Crippen LogP contribution >= 0.6 is 12.0 Å². The molecule has 0 aliphatic carbocycles. The molecule has 5 rings (SSSR count). The van der Waals surface area contributed by atoms with Crippen molar-refractivity contribution in [2.75, 3.05) is 0 Å². The summed E-state index contributed by atoms with van der Waals surface area (Å²) in [5.74, 6) is -1.38. The Morgan fingerprint density at radius 2 is 1.30 bits per heavy atom. The SMILES string of the molecule is O=C(Oc1cc(S(=O)(=O)[O-])c2ccc3c(S(=O)(=O)[O-])cc(SOO[O-])c4ccc1c2c43)c1ccc(B(O)O)cc1. The van der Waals surface area contributed by atoms with E-state index in [1.165, 1.54) is 36.4 Å². The lowest BCUT2D eigenvalue weighted by atomic mass is 9.80.